The summed E-state index contributed by atoms with van der Waals surface area (Å²) in [6.07, 6.45) is 1.52. The number of ether oxygens (including phenoxy) is 2. The van der Waals surface area contributed by atoms with Gasteiger partial charge in [0.05, 0.1) is 22.5 Å². The lowest BCUT2D eigenvalue weighted by atomic mass is 9.78. The van der Waals surface area contributed by atoms with Gasteiger partial charge in [-0.3, -0.25) is 9.59 Å². The molecule has 1 aliphatic carbocycles. The van der Waals surface area contributed by atoms with E-state index in [1.165, 1.54) is 12.1 Å². The standard InChI is InChI=1S/C34H42N4O6S.H2/c1-20(2)14-26-19-43-29-18-28(30-21(3)10-8-11-22(30)4)35-33(36-29)37-45(41,42)27-13-9-12-23(17-27)31(39)38(26)25-15-24(16-25)32(40)44-34(5,6)7;/h8-13,17-18,20,24-26H,14-16,19H2,1-7H3,(H,35,36,37);1H/t24?,25?,26-;/m1./s1. The molecule has 1 fully saturated rings. The molecule has 2 aliphatic rings. The van der Waals surface area contributed by atoms with Gasteiger partial charge in [0, 0.05) is 24.7 Å². The molecule has 1 atom stereocenters. The molecule has 242 valence electrons. The molecule has 0 saturated heterocycles. The fourth-order valence-electron chi connectivity index (χ4n) is 6.03. The molecule has 0 spiro atoms. The Morgan fingerprint density at radius 1 is 1.09 bits per heavy atom. The minimum atomic E-state index is -4.16. The van der Waals surface area contributed by atoms with E-state index in [1.807, 2.05) is 52.8 Å². The second-order valence-corrected chi connectivity index (χ2v) is 15.2. The Bertz CT molecular complexity index is 1700. The second kappa shape index (κ2) is 12.4. The molecule has 1 saturated carbocycles. The Morgan fingerprint density at radius 2 is 1.76 bits per heavy atom. The number of sulfonamides is 1. The van der Waals surface area contributed by atoms with Crippen molar-refractivity contribution in [2.45, 2.75) is 90.3 Å². The lowest BCUT2D eigenvalue weighted by Gasteiger charge is -2.46. The van der Waals surface area contributed by atoms with Crippen molar-refractivity contribution in [3.8, 4) is 17.1 Å². The van der Waals surface area contributed by atoms with Crippen LogP contribution < -0.4 is 9.46 Å². The van der Waals surface area contributed by atoms with Crippen LogP contribution >= 0.6 is 0 Å². The average Bonchev–Trinajstić information content (AvgIpc) is 2.90. The summed E-state index contributed by atoms with van der Waals surface area (Å²) in [4.78, 5) is 37.8. The van der Waals surface area contributed by atoms with Crippen molar-refractivity contribution in [3.63, 3.8) is 0 Å². The summed E-state index contributed by atoms with van der Waals surface area (Å²) in [5, 5.41) is 0. The summed E-state index contributed by atoms with van der Waals surface area (Å²) < 4.78 is 41.6. The summed E-state index contributed by atoms with van der Waals surface area (Å²) in [5.74, 6) is -0.647. The number of carbonyl (C=O) groups is 2. The molecule has 3 aromatic rings. The van der Waals surface area contributed by atoms with Gasteiger partial charge in [0.25, 0.3) is 15.9 Å². The third-order valence-electron chi connectivity index (χ3n) is 8.10. The van der Waals surface area contributed by atoms with Gasteiger partial charge in [-0.2, -0.15) is 4.98 Å². The molecule has 1 N–H and O–H groups in total. The molecule has 0 radical (unpaired) electrons. The number of amides is 1. The zero-order valence-corrected chi connectivity index (χ0v) is 27.8. The summed E-state index contributed by atoms with van der Waals surface area (Å²) in [7, 11) is -4.16. The lowest BCUT2D eigenvalue weighted by molar-refractivity contribution is -0.165. The van der Waals surface area contributed by atoms with E-state index in [0.29, 0.717) is 25.0 Å². The Labute approximate surface area is 267 Å². The third kappa shape index (κ3) is 7.30. The van der Waals surface area contributed by atoms with E-state index in [0.717, 1.165) is 16.7 Å². The van der Waals surface area contributed by atoms with Crippen LogP contribution in [0.2, 0.25) is 0 Å². The van der Waals surface area contributed by atoms with E-state index in [-0.39, 0.29) is 66.1 Å². The Hall–Kier alpha value is -3.99. The number of hydrogen-bond donors (Lipinski definition) is 1. The van der Waals surface area contributed by atoms with Crippen molar-refractivity contribution in [2.24, 2.45) is 11.8 Å². The second-order valence-electron chi connectivity index (χ2n) is 13.5. The first-order valence-electron chi connectivity index (χ1n) is 15.4. The molecular formula is C34H44N4O6S. The van der Waals surface area contributed by atoms with E-state index in [2.05, 4.69) is 28.5 Å². The van der Waals surface area contributed by atoms with Gasteiger partial charge in [0.1, 0.15) is 12.2 Å². The van der Waals surface area contributed by atoms with Crippen LogP contribution in [-0.2, 0) is 19.6 Å². The summed E-state index contributed by atoms with van der Waals surface area (Å²) >= 11 is 0. The zero-order valence-electron chi connectivity index (χ0n) is 27.0. The molecule has 5 rings (SSSR count). The number of nitrogens with zero attached hydrogens (tertiary/aromatic N) is 3. The number of esters is 1. The molecule has 1 amide bonds. The van der Waals surface area contributed by atoms with Crippen LogP contribution in [0, 0.1) is 25.7 Å². The maximum atomic E-state index is 14.3. The van der Waals surface area contributed by atoms with E-state index in [9.17, 15) is 18.0 Å². The summed E-state index contributed by atoms with van der Waals surface area (Å²) in [5.41, 5.74) is 2.94. The Balaban J connectivity index is 0.00000480. The molecule has 11 heteroatoms. The summed E-state index contributed by atoms with van der Waals surface area (Å²) in [6.45, 7) is 13.7. The number of carbonyl (C=O) groups excluding carboxylic acids is 2. The minimum absolute atomic E-state index is 0. The molecule has 10 nitrogen and oxygen atoms in total. The molecule has 0 unspecified atom stereocenters. The first kappa shape index (κ1) is 32.4. The van der Waals surface area contributed by atoms with Crippen LogP contribution in [0.4, 0.5) is 5.95 Å². The highest BCUT2D eigenvalue weighted by Gasteiger charge is 2.44. The number of aromatic nitrogens is 2. The molecule has 2 aromatic carbocycles. The van der Waals surface area contributed by atoms with Crippen LogP contribution in [0.1, 0.15) is 76.8 Å². The number of anilines is 1. The van der Waals surface area contributed by atoms with E-state index >= 15 is 0 Å². The maximum Gasteiger partial charge on any atom is 0.309 e. The number of rotatable bonds is 5. The van der Waals surface area contributed by atoms with Gasteiger partial charge in [0.2, 0.25) is 11.8 Å². The number of fused-ring (bicyclic) bond motifs is 4. The lowest BCUT2D eigenvalue weighted by Crippen LogP contribution is -2.56. The van der Waals surface area contributed by atoms with Crippen molar-refractivity contribution >= 4 is 27.8 Å². The third-order valence-corrected chi connectivity index (χ3v) is 9.42. The van der Waals surface area contributed by atoms with Crippen LogP contribution in [-0.4, -0.2) is 59.5 Å². The Morgan fingerprint density at radius 3 is 2.40 bits per heavy atom. The topological polar surface area (TPSA) is 128 Å². The van der Waals surface area contributed by atoms with Gasteiger partial charge >= 0.3 is 5.97 Å². The predicted molar refractivity (Wildman–Crippen MR) is 174 cm³/mol. The first-order valence-corrected chi connectivity index (χ1v) is 16.9. The van der Waals surface area contributed by atoms with Gasteiger partial charge in [-0.25, -0.2) is 18.1 Å². The van der Waals surface area contributed by atoms with Gasteiger partial charge in [0.15, 0.2) is 0 Å². The van der Waals surface area contributed by atoms with Crippen LogP contribution in [0.15, 0.2) is 53.4 Å². The van der Waals surface area contributed by atoms with Crippen molar-refractivity contribution in [2.75, 3.05) is 11.3 Å². The molecule has 1 aliphatic heterocycles. The Kier molecular flexibility index (Phi) is 8.95. The molecule has 1 aromatic heterocycles. The predicted octanol–water partition coefficient (Wildman–Crippen LogP) is 6.18. The first-order chi connectivity index (χ1) is 21.1. The molecule has 2 heterocycles. The van der Waals surface area contributed by atoms with Crippen LogP contribution in [0.5, 0.6) is 5.88 Å². The van der Waals surface area contributed by atoms with Gasteiger partial charge in [-0.1, -0.05) is 38.1 Å². The molecule has 4 bridgehead atoms. The van der Waals surface area contributed by atoms with Crippen molar-refractivity contribution < 1.29 is 28.9 Å². The normalized spacial score (nSPS) is 21.4. The van der Waals surface area contributed by atoms with E-state index in [4.69, 9.17) is 9.47 Å². The highest BCUT2D eigenvalue weighted by molar-refractivity contribution is 7.92. The smallest absolute Gasteiger partial charge is 0.309 e. The van der Waals surface area contributed by atoms with E-state index in [1.54, 1.807) is 23.1 Å². The van der Waals surface area contributed by atoms with Crippen LogP contribution in [0.3, 0.4) is 0 Å². The molecular weight excluding hydrogens is 592 g/mol. The fraction of sp³-hybridized carbons (Fsp3) is 0.471. The summed E-state index contributed by atoms with van der Waals surface area (Å²) in [6, 6.07) is 12.9. The van der Waals surface area contributed by atoms with Gasteiger partial charge in [-0.05, 0) is 89.1 Å². The van der Waals surface area contributed by atoms with E-state index < -0.39 is 15.6 Å². The van der Waals surface area contributed by atoms with Gasteiger partial charge in [-0.15, -0.1) is 0 Å². The minimum Gasteiger partial charge on any atom is -0.475 e. The SMILES string of the molecule is Cc1cccc(C)c1-c1cc2nc(n1)NS(=O)(=O)c1cccc(c1)C(=O)N(C1CC(C(=O)OC(C)(C)C)C1)[C@H](CC(C)C)CO2.[HH]. The van der Waals surface area contributed by atoms with Crippen LogP contribution in [0.25, 0.3) is 11.3 Å². The maximum absolute atomic E-state index is 14.3. The van der Waals surface area contributed by atoms with Gasteiger partial charge < -0.3 is 14.4 Å². The largest absolute Gasteiger partial charge is 0.475 e. The average molecular weight is 637 g/mol. The number of aryl methyl sites for hydroxylation is 2. The van der Waals surface area contributed by atoms with Crippen molar-refractivity contribution in [3.05, 3.63) is 65.2 Å². The van der Waals surface area contributed by atoms with Crippen molar-refractivity contribution in [1.82, 2.24) is 14.9 Å². The highest BCUT2D eigenvalue weighted by Crippen LogP contribution is 2.37. The number of benzene rings is 2. The fourth-order valence-corrected chi connectivity index (χ4v) is 7.01. The molecule has 45 heavy (non-hydrogen) atoms. The quantitative estimate of drug-likeness (QED) is 0.329. The number of hydrogen-bond acceptors (Lipinski definition) is 8. The highest BCUT2D eigenvalue weighted by atomic mass is 32.2. The monoisotopic (exact) mass is 636 g/mol. The van der Waals surface area contributed by atoms with Crippen molar-refractivity contribution in [1.29, 1.82) is 0 Å². The zero-order chi connectivity index (χ0) is 32.7. The number of nitrogens with one attached hydrogen (secondary N) is 1.